The van der Waals surface area contributed by atoms with Crippen LogP contribution in [-0.4, -0.2) is 16.1 Å². The van der Waals surface area contributed by atoms with E-state index in [2.05, 4.69) is 10.3 Å². The number of hydrogen-bond acceptors (Lipinski definition) is 4. The molecular formula is C15H18N2O3. The van der Waals surface area contributed by atoms with Crippen LogP contribution in [0.3, 0.4) is 0 Å². The van der Waals surface area contributed by atoms with Gasteiger partial charge in [-0.1, -0.05) is 13.3 Å². The molecule has 106 valence electrons. The highest BCUT2D eigenvalue weighted by molar-refractivity contribution is 5.88. The number of carbonyl (C=O) groups is 1. The number of rotatable bonds is 6. The number of aryl methyl sites for hydroxylation is 2. The van der Waals surface area contributed by atoms with Crippen LogP contribution in [0.4, 0.5) is 5.82 Å². The molecule has 2 aromatic rings. The molecule has 0 saturated carbocycles. The highest BCUT2D eigenvalue weighted by Gasteiger charge is 2.08. The lowest BCUT2D eigenvalue weighted by Gasteiger charge is -2.08. The minimum Gasteiger partial charge on any atom is -0.478 e. The SMILES string of the molecule is CCCc1cc(C(=O)O)cc(NCc2ccc(C)o2)n1. The topological polar surface area (TPSA) is 75.4 Å². The van der Waals surface area contributed by atoms with E-state index in [-0.39, 0.29) is 5.56 Å². The van der Waals surface area contributed by atoms with Crippen molar-refractivity contribution in [3.8, 4) is 0 Å². The van der Waals surface area contributed by atoms with Gasteiger partial charge in [-0.25, -0.2) is 9.78 Å². The molecule has 0 radical (unpaired) electrons. The summed E-state index contributed by atoms with van der Waals surface area (Å²) in [7, 11) is 0. The lowest BCUT2D eigenvalue weighted by Crippen LogP contribution is -2.06. The number of hydrogen-bond donors (Lipinski definition) is 2. The Labute approximate surface area is 117 Å². The highest BCUT2D eigenvalue weighted by atomic mass is 16.4. The first-order valence-corrected chi connectivity index (χ1v) is 6.62. The van der Waals surface area contributed by atoms with E-state index >= 15 is 0 Å². The summed E-state index contributed by atoms with van der Waals surface area (Å²) < 4.78 is 5.45. The maximum absolute atomic E-state index is 11.1. The van der Waals surface area contributed by atoms with Crippen molar-refractivity contribution in [1.29, 1.82) is 0 Å². The van der Waals surface area contributed by atoms with Gasteiger partial charge in [0.25, 0.3) is 0 Å². The van der Waals surface area contributed by atoms with Gasteiger partial charge >= 0.3 is 5.97 Å². The summed E-state index contributed by atoms with van der Waals surface area (Å²) in [4.78, 5) is 15.5. The first kappa shape index (κ1) is 14.1. The third-order valence-electron chi connectivity index (χ3n) is 2.87. The van der Waals surface area contributed by atoms with Crippen LogP contribution in [0.1, 0.15) is 40.9 Å². The minimum absolute atomic E-state index is 0.251. The average Bonchev–Trinajstić information content (AvgIpc) is 2.82. The largest absolute Gasteiger partial charge is 0.478 e. The van der Waals surface area contributed by atoms with Crippen LogP contribution in [0.5, 0.6) is 0 Å². The van der Waals surface area contributed by atoms with E-state index in [4.69, 9.17) is 9.52 Å². The van der Waals surface area contributed by atoms with Gasteiger partial charge in [-0.2, -0.15) is 0 Å². The van der Waals surface area contributed by atoms with Crippen LogP contribution < -0.4 is 5.32 Å². The molecule has 2 rings (SSSR count). The number of nitrogens with zero attached hydrogens (tertiary/aromatic N) is 1. The zero-order chi connectivity index (χ0) is 14.5. The summed E-state index contributed by atoms with van der Waals surface area (Å²) in [6.45, 7) is 4.40. The molecule has 0 saturated heterocycles. The zero-order valence-corrected chi connectivity index (χ0v) is 11.6. The average molecular weight is 274 g/mol. The van der Waals surface area contributed by atoms with Crippen molar-refractivity contribution in [3.05, 3.63) is 47.0 Å². The molecule has 0 aliphatic carbocycles. The normalized spacial score (nSPS) is 10.5. The molecule has 0 amide bonds. The Morgan fingerprint density at radius 2 is 2.20 bits per heavy atom. The van der Waals surface area contributed by atoms with Gasteiger partial charge < -0.3 is 14.8 Å². The number of furan rings is 1. The monoisotopic (exact) mass is 274 g/mol. The van der Waals surface area contributed by atoms with E-state index in [1.54, 1.807) is 6.07 Å². The Balaban J connectivity index is 2.15. The van der Waals surface area contributed by atoms with Gasteiger partial charge in [-0.05, 0) is 37.6 Å². The lowest BCUT2D eigenvalue weighted by atomic mass is 10.1. The summed E-state index contributed by atoms with van der Waals surface area (Å²) in [5.41, 5.74) is 1.03. The van der Waals surface area contributed by atoms with Crippen molar-refractivity contribution in [3.63, 3.8) is 0 Å². The third kappa shape index (κ3) is 3.60. The quantitative estimate of drug-likeness (QED) is 0.845. The van der Waals surface area contributed by atoms with Crippen molar-refractivity contribution in [2.24, 2.45) is 0 Å². The molecule has 2 heterocycles. The molecule has 0 aliphatic rings. The number of aromatic carboxylic acids is 1. The second-order valence-electron chi connectivity index (χ2n) is 4.65. The first-order chi connectivity index (χ1) is 9.58. The van der Waals surface area contributed by atoms with Gasteiger partial charge in [-0.3, -0.25) is 0 Å². The van der Waals surface area contributed by atoms with E-state index in [9.17, 15) is 4.79 Å². The number of nitrogens with one attached hydrogen (secondary N) is 1. The number of pyridine rings is 1. The molecule has 0 spiro atoms. The van der Waals surface area contributed by atoms with E-state index in [0.717, 1.165) is 30.1 Å². The van der Waals surface area contributed by atoms with Crippen LogP contribution in [0, 0.1) is 6.92 Å². The highest BCUT2D eigenvalue weighted by Crippen LogP contribution is 2.14. The Morgan fingerprint density at radius 1 is 1.40 bits per heavy atom. The van der Waals surface area contributed by atoms with Crippen molar-refractivity contribution in [1.82, 2.24) is 4.98 Å². The Kier molecular flexibility index (Phi) is 4.40. The van der Waals surface area contributed by atoms with Crippen molar-refractivity contribution in [2.45, 2.75) is 33.2 Å². The summed E-state index contributed by atoms with van der Waals surface area (Å²) in [6.07, 6.45) is 1.68. The van der Waals surface area contributed by atoms with E-state index in [1.807, 2.05) is 26.0 Å². The van der Waals surface area contributed by atoms with Gasteiger partial charge in [0.1, 0.15) is 17.3 Å². The van der Waals surface area contributed by atoms with Crippen LogP contribution in [-0.2, 0) is 13.0 Å². The third-order valence-corrected chi connectivity index (χ3v) is 2.87. The molecule has 0 fully saturated rings. The first-order valence-electron chi connectivity index (χ1n) is 6.62. The van der Waals surface area contributed by atoms with Crippen LogP contribution in [0.25, 0.3) is 0 Å². The maximum atomic E-state index is 11.1. The van der Waals surface area contributed by atoms with Crippen LogP contribution in [0.2, 0.25) is 0 Å². The second kappa shape index (κ2) is 6.23. The smallest absolute Gasteiger partial charge is 0.335 e. The van der Waals surface area contributed by atoms with Gasteiger partial charge in [0.05, 0.1) is 12.1 Å². The fourth-order valence-corrected chi connectivity index (χ4v) is 1.94. The van der Waals surface area contributed by atoms with Crippen LogP contribution in [0.15, 0.2) is 28.7 Å². The van der Waals surface area contributed by atoms with E-state index in [0.29, 0.717) is 12.4 Å². The lowest BCUT2D eigenvalue weighted by molar-refractivity contribution is 0.0696. The second-order valence-corrected chi connectivity index (χ2v) is 4.65. The van der Waals surface area contributed by atoms with Gasteiger partial charge in [0.15, 0.2) is 0 Å². The number of carboxylic acid groups (broad SMARTS) is 1. The molecule has 5 heteroatoms. The van der Waals surface area contributed by atoms with Crippen molar-refractivity contribution >= 4 is 11.8 Å². The van der Waals surface area contributed by atoms with Gasteiger partial charge in [-0.15, -0.1) is 0 Å². The predicted octanol–water partition coefficient (Wildman–Crippen LogP) is 3.25. The Morgan fingerprint density at radius 3 is 2.80 bits per heavy atom. The summed E-state index contributed by atoms with van der Waals surface area (Å²) in [6, 6.07) is 6.93. The van der Waals surface area contributed by atoms with E-state index < -0.39 is 5.97 Å². The number of anilines is 1. The molecule has 5 nitrogen and oxygen atoms in total. The standard InChI is InChI=1S/C15H18N2O3/c1-3-4-12-7-11(15(18)19)8-14(17-12)16-9-13-6-5-10(2)20-13/h5-8H,3-4,9H2,1-2H3,(H,16,17)(H,18,19). The fourth-order valence-electron chi connectivity index (χ4n) is 1.94. The molecule has 2 aromatic heterocycles. The maximum Gasteiger partial charge on any atom is 0.335 e. The molecular weight excluding hydrogens is 256 g/mol. The number of carboxylic acids is 1. The van der Waals surface area contributed by atoms with Crippen molar-refractivity contribution in [2.75, 3.05) is 5.32 Å². The Bertz CT molecular complexity index is 605. The predicted molar refractivity (Wildman–Crippen MR) is 76.0 cm³/mol. The molecule has 20 heavy (non-hydrogen) atoms. The van der Waals surface area contributed by atoms with E-state index in [1.165, 1.54) is 6.07 Å². The molecule has 0 unspecified atom stereocenters. The Hall–Kier alpha value is -2.30. The van der Waals surface area contributed by atoms with Crippen LogP contribution >= 0.6 is 0 Å². The number of aromatic nitrogens is 1. The minimum atomic E-state index is -0.943. The van der Waals surface area contributed by atoms with Gasteiger partial charge in [0.2, 0.25) is 0 Å². The van der Waals surface area contributed by atoms with Gasteiger partial charge in [0, 0.05) is 5.69 Å². The summed E-state index contributed by atoms with van der Waals surface area (Å²) in [5.74, 6) is 1.26. The molecule has 0 aromatic carbocycles. The fraction of sp³-hybridized carbons (Fsp3) is 0.333. The molecule has 0 atom stereocenters. The summed E-state index contributed by atoms with van der Waals surface area (Å²) >= 11 is 0. The van der Waals surface area contributed by atoms with Crippen molar-refractivity contribution < 1.29 is 14.3 Å². The summed E-state index contributed by atoms with van der Waals surface area (Å²) in [5, 5.41) is 12.2. The molecule has 0 aliphatic heterocycles. The molecule has 0 bridgehead atoms. The zero-order valence-electron chi connectivity index (χ0n) is 11.6. The molecule has 2 N–H and O–H groups in total.